The summed E-state index contributed by atoms with van der Waals surface area (Å²) in [6.07, 6.45) is 2.82. The predicted molar refractivity (Wildman–Crippen MR) is 95.5 cm³/mol. The molecule has 0 unspecified atom stereocenters. The molecule has 3 heterocycles. The van der Waals surface area contributed by atoms with Gasteiger partial charge in [-0.2, -0.15) is 11.8 Å². The number of thioether (sulfide) groups is 1. The van der Waals surface area contributed by atoms with Crippen molar-refractivity contribution in [3.63, 3.8) is 0 Å². The number of rotatable bonds is 2. The zero-order valence-corrected chi connectivity index (χ0v) is 14.7. The van der Waals surface area contributed by atoms with Crippen molar-refractivity contribution in [2.24, 2.45) is 11.8 Å². The van der Waals surface area contributed by atoms with Crippen molar-refractivity contribution in [1.82, 2.24) is 9.80 Å². The van der Waals surface area contributed by atoms with E-state index in [0.717, 1.165) is 17.9 Å². The van der Waals surface area contributed by atoms with Crippen molar-refractivity contribution in [2.45, 2.75) is 31.8 Å². The molecule has 3 saturated heterocycles. The summed E-state index contributed by atoms with van der Waals surface area (Å²) in [7, 11) is 2.33. The van der Waals surface area contributed by atoms with Gasteiger partial charge >= 0.3 is 0 Å². The second kappa shape index (κ2) is 6.18. The van der Waals surface area contributed by atoms with Crippen LogP contribution in [0, 0.1) is 18.8 Å². The lowest BCUT2D eigenvalue weighted by Crippen LogP contribution is -2.38. The SMILES string of the molecule is Cc1ccccc1[C@H]1[C@@H]2CN(C3CCSCC3)C[C@@H]2CN1C. The molecule has 1 aromatic carbocycles. The lowest BCUT2D eigenvalue weighted by molar-refractivity contribution is 0.179. The molecular formula is C19H28N2S. The van der Waals surface area contributed by atoms with Gasteiger partial charge in [0.05, 0.1) is 0 Å². The zero-order valence-electron chi connectivity index (χ0n) is 13.9. The van der Waals surface area contributed by atoms with Crippen molar-refractivity contribution in [2.75, 3.05) is 38.2 Å². The first kappa shape index (κ1) is 15.0. The van der Waals surface area contributed by atoms with E-state index in [2.05, 4.69) is 59.8 Å². The average molecular weight is 317 g/mol. The van der Waals surface area contributed by atoms with Gasteiger partial charge in [-0.05, 0) is 61.3 Å². The summed E-state index contributed by atoms with van der Waals surface area (Å²) in [6, 6.07) is 10.5. The molecule has 3 fully saturated rings. The number of benzene rings is 1. The van der Waals surface area contributed by atoms with Crippen LogP contribution in [0.2, 0.25) is 0 Å². The summed E-state index contributed by atoms with van der Waals surface area (Å²) < 4.78 is 0. The molecule has 0 spiro atoms. The van der Waals surface area contributed by atoms with Gasteiger partial charge in [0.25, 0.3) is 0 Å². The summed E-state index contributed by atoms with van der Waals surface area (Å²) in [5, 5.41) is 0. The normalized spacial score (nSPS) is 34.2. The van der Waals surface area contributed by atoms with Gasteiger partial charge in [0.15, 0.2) is 0 Å². The molecule has 0 N–H and O–H groups in total. The van der Waals surface area contributed by atoms with Crippen LogP contribution in [0.5, 0.6) is 0 Å². The molecule has 3 aliphatic heterocycles. The van der Waals surface area contributed by atoms with Gasteiger partial charge in [-0.3, -0.25) is 9.80 Å². The maximum Gasteiger partial charge on any atom is 0.0391 e. The van der Waals surface area contributed by atoms with E-state index in [0.29, 0.717) is 6.04 Å². The average Bonchev–Trinajstić information content (AvgIpc) is 3.06. The molecule has 0 amide bonds. The summed E-state index contributed by atoms with van der Waals surface area (Å²) in [5.74, 6) is 4.46. The summed E-state index contributed by atoms with van der Waals surface area (Å²) in [4.78, 5) is 5.46. The zero-order chi connectivity index (χ0) is 15.1. The molecule has 22 heavy (non-hydrogen) atoms. The monoisotopic (exact) mass is 316 g/mol. The topological polar surface area (TPSA) is 6.48 Å². The first-order valence-electron chi connectivity index (χ1n) is 8.81. The van der Waals surface area contributed by atoms with Crippen molar-refractivity contribution < 1.29 is 0 Å². The maximum atomic E-state index is 2.84. The van der Waals surface area contributed by atoms with Crippen LogP contribution in [0.25, 0.3) is 0 Å². The Kier molecular flexibility index (Phi) is 4.23. The molecule has 3 aliphatic rings. The van der Waals surface area contributed by atoms with Gasteiger partial charge in [-0.25, -0.2) is 0 Å². The number of likely N-dealkylation sites (tertiary alicyclic amines) is 2. The first-order chi connectivity index (χ1) is 10.7. The van der Waals surface area contributed by atoms with Gasteiger partial charge < -0.3 is 0 Å². The van der Waals surface area contributed by atoms with Crippen molar-refractivity contribution in [1.29, 1.82) is 0 Å². The number of fused-ring (bicyclic) bond motifs is 1. The highest BCUT2D eigenvalue weighted by Gasteiger charge is 2.47. The van der Waals surface area contributed by atoms with E-state index >= 15 is 0 Å². The molecule has 120 valence electrons. The van der Waals surface area contributed by atoms with Crippen molar-refractivity contribution >= 4 is 11.8 Å². The van der Waals surface area contributed by atoms with Crippen molar-refractivity contribution in [3.8, 4) is 0 Å². The molecule has 0 aliphatic carbocycles. The van der Waals surface area contributed by atoms with Crippen LogP contribution in [0.1, 0.15) is 30.0 Å². The molecule has 3 atom stereocenters. The lowest BCUT2D eigenvalue weighted by Gasteiger charge is -2.33. The van der Waals surface area contributed by atoms with Gasteiger partial charge in [0.1, 0.15) is 0 Å². The quantitative estimate of drug-likeness (QED) is 0.825. The Bertz CT molecular complexity index is 526. The fraction of sp³-hybridized carbons (Fsp3) is 0.684. The highest BCUT2D eigenvalue weighted by molar-refractivity contribution is 7.99. The summed E-state index contributed by atoms with van der Waals surface area (Å²) >= 11 is 2.14. The fourth-order valence-electron chi connectivity index (χ4n) is 5.03. The van der Waals surface area contributed by atoms with Gasteiger partial charge in [-0.15, -0.1) is 0 Å². The summed E-state index contributed by atoms with van der Waals surface area (Å²) in [6.45, 7) is 6.22. The van der Waals surface area contributed by atoms with Crippen molar-refractivity contribution in [3.05, 3.63) is 35.4 Å². The van der Waals surface area contributed by atoms with E-state index in [-0.39, 0.29) is 0 Å². The van der Waals surface area contributed by atoms with Gasteiger partial charge in [-0.1, -0.05) is 24.3 Å². The largest absolute Gasteiger partial charge is 0.300 e. The first-order valence-corrected chi connectivity index (χ1v) is 9.97. The number of nitrogens with zero attached hydrogens (tertiary/aromatic N) is 2. The lowest BCUT2D eigenvalue weighted by atomic mass is 9.88. The Morgan fingerprint density at radius 1 is 1.05 bits per heavy atom. The molecule has 2 nitrogen and oxygen atoms in total. The molecule has 4 rings (SSSR count). The highest BCUT2D eigenvalue weighted by atomic mass is 32.2. The minimum Gasteiger partial charge on any atom is -0.300 e. The van der Waals surface area contributed by atoms with E-state index in [1.165, 1.54) is 49.5 Å². The third-order valence-electron chi connectivity index (χ3n) is 6.14. The van der Waals surface area contributed by atoms with Crippen LogP contribution in [0.15, 0.2) is 24.3 Å². The highest BCUT2D eigenvalue weighted by Crippen LogP contribution is 2.45. The minimum absolute atomic E-state index is 0.633. The van der Waals surface area contributed by atoms with Crippen LogP contribution >= 0.6 is 11.8 Å². The van der Waals surface area contributed by atoms with E-state index in [1.807, 2.05) is 0 Å². The Morgan fingerprint density at radius 2 is 1.82 bits per heavy atom. The van der Waals surface area contributed by atoms with E-state index in [1.54, 1.807) is 5.56 Å². The minimum atomic E-state index is 0.633. The summed E-state index contributed by atoms with van der Waals surface area (Å²) in [5.41, 5.74) is 3.03. The maximum absolute atomic E-state index is 2.84. The molecule has 3 heteroatoms. The molecule has 1 aromatic rings. The van der Waals surface area contributed by atoms with Crippen LogP contribution in [-0.4, -0.2) is 54.0 Å². The van der Waals surface area contributed by atoms with Crippen LogP contribution < -0.4 is 0 Å². The smallest absolute Gasteiger partial charge is 0.0391 e. The molecule has 0 saturated carbocycles. The number of hydrogen-bond acceptors (Lipinski definition) is 3. The van der Waals surface area contributed by atoms with E-state index in [9.17, 15) is 0 Å². The van der Waals surface area contributed by atoms with Crippen LogP contribution in [0.4, 0.5) is 0 Å². The third-order valence-corrected chi connectivity index (χ3v) is 7.19. The fourth-order valence-corrected chi connectivity index (χ4v) is 6.11. The van der Waals surface area contributed by atoms with Gasteiger partial charge in [0, 0.05) is 31.7 Å². The van der Waals surface area contributed by atoms with E-state index < -0.39 is 0 Å². The molecule has 0 aromatic heterocycles. The molecule has 0 radical (unpaired) electrons. The number of hydrogen-bond donors (Lipinski definition) is 0. The standard InChI is InChI=1S/C19H28N2S/c1-14-5-3-4-6-17(14)19-18-13-21(12-15(18)11-20(19)2)16-7-9-22-10-8-16/h3-6,15-16,18-19H,7-13H2,1-2H3/t15-,18+,19-/m0/s1. The Morgan fingerprint density at radius 3 is 2.59 bits per heavy atom. The molecular weight excluding hydrogens is 288 g/mol. The van der Waals surface area contributed by atoms with Crippen LogP contribution in [0.3, 0.4) is 0 Å². The van der Waals surface area contributed by atoms with Gasteiger partial charge in [0.2, 0.25) is 0 Å². The second-order valence-electron chi connectivity index (χ2n) is 7.46. The predicted octanol–water partition coefficient (Wildman–Crippen LogP) is 3.43. The second-order valence-corrected chi connectivity index (χ2v) is 8.69. The Labute approximate surface area is 139 Å². The third kappa shape index (κ3) is 2.61. The Hall–Kier alpha value is -0.510. The van der Waals surface area contributed by atoms with Crippen LogP contribution in [-0.2, 0) is 0 Å². The number of aryl methyl sites for hydroxylation is 1. The van der Waals surface area contributed by atoms with E-state index in [4.69, 9.17) is 0 Å². The Balaban J connectivity index is 1.53. The molecule has 0 bridgehead atoms.